The van der Waals surface area contributed by atoms with Gasteiger partial charge in [-0.2, -0.15) is 0 Å². The summed E-state index contributed by atoms with van der Waals surface area (Å²) < 4.78 is 0. The number of phenolic OH excluding ortho intramolecular Hbond substituents is 4. The van der Waals surface area contributed by atoms with Gasteiger partial charge in [0.15, 0.2) is 0 Å². The summed E-state index contributed by atoms with van der Waals surface area (Å²) in [6.07, 6.45) is 16.3. The number of hydrogen-bond donors (Lipinski definition) is 4. The van der Waals surface area contributed by atoms with Gasteiger partial charge >= 0.3 is 0 Å². The first-order chi connectivity index (χ1) is 29.7. The fourth-order valence-corrected chi connectivity index (χ4v) is 12.7. The van der Waals surface area contributed by atoms with E-state index in [1.165, 1.54) is 41.5 Å². The van der Waals surface area contributed by atoms with Gasteiger partial charge in [-0.3, -0.25) is 0 Å². The Morgan fingerprint density at radius 3 is 0.919 bits per heavy atom. The lowest BCUT2D eigenvalue weighted by Crippen LogP contribution is -2.46. The van der Waals surface area contributed by atoms with Crippen LogP contribution in [0.25, 0.3) is 0 Å². The largest absolute Gasteiger partial charge is 0.508 e. The van der Waals surface area contributed by atoms with Crippen LogP contribution in [0.2, 0.25) is 0 Å². The molecule has 4 heteroatoms. The van der Waals surface area contributed by atoms with Crippen molar-refractivity contribution in [1.29, 1.82) is 0 Å². The molecule has 4 aromatic carbocycles. The Bertz CT molecular complexity index is 1830. The van der Waals surface area contributed by atoms with Crippen LogP contribution in [0.1, 0.15) is 234 Å². The molecule has 4 nitrogen and oxygen atoms in total. The third kappa shape index (κ3) is 8.80. The Balaban J connectivity index is 1.39. The molecule has 4 atom stereocenters. The van der Waals surface area contributed by atoms with Gasteiger partial charge in [0.05, 0.1) is 0 Å². The first kappa shape index (κ1) is 47.6. The van der Waals surface area contributed by atoms with Crippen LogP contribution in [-0.4, -0.2) is 20.4 Å². The predicted molar refractivity (Wildman–Crippen MR) is 260 cm³/mol. The molecular weight excluding hydrogens is 761 g/mol. The zero-order valence-electron chi connectivity index (χ0n) is 40.3. The minimum atomic E-state index is -0.200. The van der Waals surface area contributed by atoms with Crippen molar-refractivity contribution in [2.24, 2.45) is 17.3 Å². The average molecular weight is 843 g/mol. The van der Waals surface area contributed by atoms with Crippen molar-refractivity contribution in [2.75, 3.05) is 0 Å². The van der Waals surface area contributed by atoms with Gasteiger partial charge in [0.2, 0.25) is 0 Å². The number of phenols is 4. The molecule has 2 saturated carbocycles. The Morgan fingerprint density at radius 1 is 0.452 bits per heavy atom. The topological polar surface area (TPSA) is 80.9 Å². The summed E-state index contributed by atoms with van der Waals surface area (Å²) in [6.45, 7) is 22.6. The van der Waals surface area contributed by atoms with Gasteiger partial charge in [-0.1, -0.05) is 124 Å². The molecule has 62 heavy (non-hydrogen) atoms. The normalized spacial score (nSPS) is 24.8. The highest BCUT2D eigenvalue weighted by Crippen LogP contribution is 2.61. The second-order valence-electron chi connectivity index (χ2n) is 20.4. The Morgan fingerprint density at radius 2 is 0.710 bits per heavy atom. The quantitative estimate of drug-likeness (QED) is 0.0854. The standard InChI is InChI=1S/C58H82O4/c1-11-29-56(16-6,42-25-30-57(31-26-42,44-17-21-52(59)48(34-44)38(7)12-2)45-18-22-53(60)49(35-45)39(8)13-3)43-27-32-58(33-28-43,46-19-23-54(61)50(36-46)40(9)14-4)47-20-24-55(62)51(37-47)41(10)15-5/h17-24,34-43,59-62H,11-16,25-33H2,1-10H3. The molecule has 0 aliphatic heterocycles. The molecule has 338 valence electrons. The summed E-state index contributed by atoms with van der Waals surface area (Å²) in [4.78, 5) is 0. The molecule has 0 saturated heterocycles. The van der Waals surface area contributed by atoms with E-state index >= 15 is 0 Å². The van der Waals surface area contributed by atoms with Crippen LogP contribution in [-0.2, 0) is 10.8 Å². The van der Waals surface area contributed by atoms with E-state index in [1.54, 1.807) is 0 Å². The zero-order chi connectivity index (χ0) is 45.0. The summed E-state index contributed by atoms with van der Waals surface area (Å²) in [5.74, 6) is 3.84. The molecule has 2 fully saturated rings. The van der Waals surface area contributed by atoms with Gasteiger partial charge in [0, 0.05) is 10.8 Å². The molecule has 4 unspecified atom stereocenters. The van der Waals surface area contributed by atoms with Crippen molar-refractivity contribution >= 4 is 0 Å². The van der Waals surface area contributed by atoms with Gasteiger partial charge in [0.1, 0.15) is 23.0 Å². The van der Waals surface area contributed by atoms with Crippen LogP contribution in [0.5, 0.6) is 23.0 Å². The number of rotatable bonds is 17. The maximum Gasteiger partial charge on any atom is 0.119 e. The molecule has 2 aliphatic carbocycles. The molecule has 0 heterocycles. The second kappa shape index (κ2) is 19.9. The fourth-order valence-electron chi connectivity index (χ4n) is 12.7. The van der Waals surface area contributed by atoms with Crippen LogP contribution in [0, 0.1) is 17.3 Å². The first-order valence-electron chi connectivity index (χ1n) is 25.0. The van der Waals surface area contributed by atoms with Crippen molar-refractivity contribution in [2.45, 2.75) is 200 Å². The van der Waals surface area contributed by atoms with E-state index in [-0.39, 0.29) is 39.9 Å². The molecule has 0 aromatic heterocycles. The highest BCUT2D eigenvalue weighted by Gasteiger charge is 2.51. The maximum atomic E-state index is 11.1. The SMILES string of the molecule is CCCC(CC)(C1CCC(c2ccc(O)c(C(C)CC)c2)(c2ccc(O)c(C(C)CC)c2)CC1)C1CCC(c2ccc(O)c(C(C)CC)c2)(c2ccc(O)c(C(C)CC)c2)CC1. The first-order valence-corrected chi connectivity index (χ1v) is 25.0. The monoisotopic (exact) mass is 843 g/mol. The molecule has 2 aliphatic rings. The predicted octanol–water partition coefficient (Wildman–Crippen LogP) is 16.4. The average Bonchev–Trinajstić information content (AvgIpc) is 3.30. The fraction of sp³-hybridized carbons (Fsp3) is 0.586. The summed E-state index contributed by atoms with van der Waals surface area (Å²) >= 11 is 0. The highest BCUT2D eigenvalue weighted by atomic mass is 16.3. The molecule has 0 bridgehead atoms. The number of aromatic hydroxyl groups is 4. The third-order valence-electron chi connectivity index (χ3n) is 17.6. The van der Waals surface area contributed by atoms with E-state index in [0.29, 0.717) is 34.8 Å². The van der Waals surface area contributed by atoms with Crippen LogP contribution in [0.15, 0.2) is 72.8 Å². The van der Waals surface area contributed by atoms with Crippen LogP contribution in [0.4, 0.5) is 0 Å². The van der Waals surface area contributed by atoms with Gasteiger partial charge in [-0.25, -0.2) is 0 Å². The Kier molecular flexibility index (Phi) is 15.2. The molecule has 0 amide bonds. The highest BCUT2D eigenvalue weighted by molar-refractivity contribution is 5.52. The minimum absolute atomic E-state index is 0.200. The summed E-state index contributed by atoms with van der Waals surface area (Å²) in [5.41, 5.74) is 9.23. The van der Waals surface area contributed by atoms with Crippen LogP contribution < -0.4 is 0 Å². The van der Waals surface area contributed by atoms with Gasteiger partial charge in [0.25, 0.3) is 0 Å². The lowest BCUT2D eigenvalue weighted by Gasteiger charge is -2.54. The molecule has 0 radical (unpaired) electrons. The lowest BCUT2D eigenvalue weighted by atomic mass is 9.50. The molecule has 4 N–H and O–H groups in total. The van der Waals surface area contributed by atoms with Crippen molar-refractivity contribution in [1.82, 2.24) is 0 Å². The lowest BCUT2D eigenvalue weighted by molar-refractivity contribution is -0.00748. The summed E-state index contributed by atoms with van der Waals surface area (Å²) in [6, 6.07) is 25.9. The maximum absolute atomic E-state index is 11.1. The number of benzene rings is 4. The van der Waals surface area contributed by atoms with E-state index in [2.05, 4.69) is 118 Å². The van der Waals surface area contributed by atoms with Crippen LogP contribution >= 0.6 is 0 Å². The minimum Gasteiger partial charge on any atom is -0.508 e. The Hall–Kier alpha value is -3.92. The van der Waals surface area contributed by atoms with Crippen molar-refractivity contribution in [3.05, 3.63) is 117 Å². The van der Waals surface area contributed by atoms with Gasteiger partial charge in [-0.05, 0) is 200 Å². The second-order valence-corrected chi connectivity index (χ2v) is 20.4. The smallest absolute Gasteiger partial charge is 0.119 e. The molecule has 6 rings (SSSR count). The third-order valence-corrected chi connectivity index (χ3v) is 17.6. The van der Waals surface area contributed by atoms with Crippen molar-refractivity contribution in [3.8, 4) is 23.0 Å². The summed E-state index contributed by atoms with van der Waals surface area (Å²) in [5, 5.41) is 44.4. The molecule has 4 aromatic rings. The van der Waals surface area contributed by atoms with E-state index in [4.69, 9.17) is 0 Å². The van der Waals surface area contributed by atoms with Crippen molar-refractivity contribution < 1.29 is 20.4 Å². The zero-order valence-corrected chi connectivity index (χ0v) is 40.3. The van der Waals surface area contributed by atoms with Crippen molar-refractivity contribution in [3.63, 3.8) is 0 Å². The molecule has 0 spiro atoms. The number of hydrogen-bond acceptors (Lipinski definition) is 4. The van der Waals surface area contributed by atoms with Gasteiger partial charge < -0.3 is 20.4 Å². The van der Waals surface area contributed by atoms with E-state index in [1.807, 2.05) is 24.3 Å². The summed E-state index contributed by atoms with van der Waals surface area (Å²) in [7, 11) is 0. The van der Waals surface area contributed by atoms with E-state index in [0.717, 1.165) is 99.3 Å². The van der Waals surface area contributed by atoms with Crippen LogP contribution in [0.3, 0.4) is 0 Å². The molecular formula is C58H82O4. The van der Waals surface area contributed by atoms with Gasteiger partial charge in [-0.15, -0.1) is 0 Å². The van der Waals surface area contributed by atoms with E-state index < -0.39 is 0 Å². The van der Waals surface area contributed by atoms with E-state index in [9.17, 15) is 20.4 Å². The Labute approximate surface area is 376 Å².